The molecule has 0 saturated carbocycles. The number of ether oxygens (including phenoxy) is 1. The van der Waals surface area contributed by atoms with Crippen molar-refractivity contribution in [2.75, 3.05) is 18.6 Å². The predicted octanol–water partition coefficient (Wildman–Crippen LogP) is 4.16. The second kappa shape index (κ2) is 6.10. The van der Waals surface area contributed by atoms with Gasteiger partial charge in [0.25, 0.3) is 0 Å². The second-order valence-corrected chi connectivity index (χ2v) is 5.30. The maximum Gasteiger partial charge on any atom is 0.129 e. The van der Waals surface area contributed by atoms with E-state index in [2.05, 4.69) is 48.0 Å². The van der Waals surface area contributed by atoms with Crippen molar-refractivity contribution in [2.45, 2.75) is 19.9 Å². The molecule has 1 aromatic heterocycles. The number of hydrogen-bond acceptors (Lipinski definition) is 3. The summed E-state index contributed by atoms with van der Waals surface area (Å²) in [6.45, 7) is 5.26. The van der Waals surface area contributed by atoms with Gasteiger partial charge in [-0.05, 0) is 38.1 Å². The van der Waals surface area contributed by atoms with Crippen molar-refractivity contribution in [3.63, 3.8) is 0 Å². The van der Waals surface area contributed by atoms with Crippen LogP contribution in [0.2, 0.25) is 0 Å². The van der Waals surface area contributed by atoms with E-state index >= 15 is 0 Å². The number of fused-ring (bicyclic) bond motifs is 1. The van der Waals surface area contributed by atoms with Crippen LogP contribution in [0.5, 0.6) is 5.75 Å². The van der Waals surface area contributed by atoms with Crippen LogP contribution in [0.3, 0.4) is 0 Å². The zero-order chi connectivity index (χ0) is 15.5. The SMILES string of the molecule is CCN(c1ccccc1)C(C)c1nc2ccc(OC)cc2[nH]1. The molecule has 114 valence electrons. The van der Waals surface area contributed by atoms with Crippen LogP contribution in [0.25, 0.3) is 11.0 Å². The number of imidazole rings is 1. The van der Waals surface area contributed by atoms with E-state index in [9.17, 15) is 0 Å². The van der Waals surface area contributed by atoms with Gasteiger partial charge < -0.3 is 14.6 Å². The summed E-state index contributed by atoms with van der Waals surface area (Å²) in [5.41, 5.74) is 3.17. The Morgan fingerprint density at radius 1 is 1.18 bits per heavy atom. The lowest BCUT2D eigenvalue weighted by Crippen LogP contribution is -2.27. The number of methoxy groups -OCH3 is 1. The van der Waals surface area contributed by atoms with Crippen molar-refractivity contribution >= 4 is 16.7 Å². The Kier molecular flexibility index (Phi) is 4.00. The molecule has 0 fully saturated rings. The molecular weight excluding hydrogens is 274 g/mol. The molecule has 1 unspecified atom stereocenters. The molecule has 0 aliphatic carbocycles. The summed E-state index contributed by atoms with van der Waals surface area (Å²) >= 11 is 0. The van der Waals surface area contributed by atoms with Gasteiger partial charge in [0.15, 0.2) is 0 Å². The van der Waals surface area contributed by atoms with Crippen LogP contribution >= 0.6 is 0 Å². The molecule has 0 bridgehead atoms. The van der Waals surface area contributed by atoms with Crippen LogP contribution in [0.4, 0.5) is 5.69 Å². The van der Waals surface area contributed by atoms with Gasteiger partial charge in [-0.15, -0.1) is 0 Å². The minimum Gasteiger partial charge on any atom is -0.497 e. The number of aromatic amines is 1. The second-order valence-electron chi connectivity index (χ2n) is 5.30. The van der Waals surface area contributed by atoms with Crippen molar-refractivity contribution < 1.29 is 4.74 Å². The Hall–Kier alpha value is -2.49. The van der Waals surface area contributed by atoms with Crippen LogP contribution < -0.4 is 9.64 Å². The van der Waals surface area contributed by atoms with Crippen LogP contribution in [-0.2, 0) is 0 Å². The monoisotopic (exact) mass is 295 g/mol. The van der Waals surface area contributed by atoms with Gasteiger partial charge in [0.05, 0.1) is 24.2 Å². The molecule has 0 spiro atoms. The highest BCUT2D eigenvalue weighted by Gasteiger charge is 2.18. The summed E-state index contributed by atoms with van der Waals surface area (Å²) in [5, 5.41) is 0. The molecule has 1 heterocycles. The van der Waals surface area contributed by atoms with E-state index in [1.54, 1.807) is 7.11 Å². The Balaban J connectivity index is 1.95. The van der Waals surface area contributed by atoms with Crippen molar-refractivity contribution in [1.82, 2.24) is 9.97 Å². The minimum atomic E-state index is 0.172. The molecule has 0 saturated heterocycles. The number of H-pyrrole nitrogens is 1. The maximum atomic E-state index is 5.27. The summed E-state index contributed by atoms with van der Waals surface area (Å²) in [6, 6.07) is 16.5. The number of nitrogens with zero attached hydrogens (tertiary/aromatic N) is 2. The van der Waals surface area contributed by atoms with Crippen LogP contribution in [-0.4, -0.2) is 23.6 Å². The third kappa shape index (κ3) is 2.64. The molecule has 0 aliphatic rings. The quantitative estimate of drug-likeness (QED) is 0.768. The van der Waals surface area contributed by atoms with Gasteiger partial charge >= 0.3 is 0 Å². The minimum absolute atomic E-state index is 0.172. The Labute approximate surface area is 130 Å². The van der Waals surface area contributed by atoms with Gasteiger partial charge in [0.2, 0.25) is 0 Å². The summed E-state index contributed by atoms with van der Waals surface area (Å²) in [4.78, 5) is 10.5. The summed E-state index contributed by atoms with van der Waals surface area (Å²) in [5.74, 6) is 1.81. The van der Waals surface area contributed by atoms with Crippen LogP contribution in [0.1, 0.15) is 25.7 Å². The Morgan fingerprint density at radius 2 is 1.95 bits per heavy atom. The lowest BCUT2D eigenvalue weighted by Gasteiger charge is -2.28. The van der Waals surface area contributed by atoms with Crippen LogP contribution in [0, 0.1) is 0 Å². The van der Waals surface area contributed by atoms with Crippen molar-refractivity contribution in [3.8, 4) is 5.75 Å². The molecule has 1 N–H and O–H groups in total. The van der Waals surface area contributed by atoms with Gasteiger partial charge in [-0.25, -0.2) is 4.98 Å². The zero-order valence-electron chi connectivity index (χ0n) is 13.2. The summed E-state index contributed by atoms with van der Waals surface area (Å²) in [7, 11) is 1.68. The number of nitrogens with one attached hydrogen (secondary N) is 1. The number of aromatic nitrogens is 2. The fourth-order valence-electron chi connectivity index (χ4n) is 2.78. The predicted molar refractivity (Wildman–Crippen MR) is 90.5 cm³/mol. The topological polar surface area (TPSA) is 41.2 Å². The highest BCUT2D eigenvalue weighted by atomic mass is 16.5. The Morgan fingerprint density at radius 3 is 2.64 bits per heavy atom. The summed E-state index contributed by atoms with van der Waals surface area (Å²) in [6.07, 6.45) is 0. The van der Waals surface area contributed by atoms with Gasteiger partial charge in [-0.1, -0.05) is 18.2 Å². The normalized spacial score (nSPS) is 12.3. The van der Waals surface area contributed by atoms with E-state index in [-0.39, 0.29) is 6.04 Å². The molecule has 2 aromatic carbocycles. The third-order valence-corrected chi connectivity index (χ3v) is 4.00. The number of benzene rings is 2. The van der Waals surface area contributed by atoms with Gasteiger partial charge in [-0.3, -0.25) is 0 Å². The number of para-hydroxylation sites is 1. The first-order valence-electron chi connectivity index (χ1n) is 7.58. The van der Waals surface area contributed by atoms with Crippen molar-refractivity contribution in [1.29, 1.82) is 0 Å². The van der Waals surface area contributed by atoms with Crippen molar-refractivity contribution in [2.24, 2.45) is 0 Å². The largest absolute Gasteiger partial charge is 0.497 e. The van der Waals surface area contributed by atoms with E-state index in [4.69, 9.17) is 9.72 Å². The van der Waals surface area contributed by atoms with E-state index < -0.39 is 0 Å². The van der Waals surface area contributed by atoms with E-state index in [1.807, 2.05) is 24.3 Å². The van der Waals surface area contributed by atoms with E-state index in [1.165, 1.54) is 5.69 Å². The number of rotatable bonds is 5. The first-order chi connectivity index (χ1) is 10.7. The molecule has 4 heteroatoms. The van der Waals surface area contributed by atoms with E-state index in [0.717, 1.165) is 29.2 Å². The highest BCUT2D eigenvalue weighted by molar-refractivity contribution is 5.77. The average molecular weight is 295 g/mol. The molecule has 0 aliphatic heterocycles. The number of hydrogen-bond donors (Lipinski definition) is 1. The van der Waals surface area contributed by atoms with Crippen molar-refractivity contribution in [3.05, 3.63) is 54.4 Å². The first kappa shape index (κ1) is 14.4. The Bertz CT molecular complexity index is 751. The third-order valence-electron chi connectivity index (χ3n) is 4.00. The highest BCUT2D eigenvalue weighted by Crippen LogP contribution is 2.27. The lowest BCUT2D eigenvalue weighted by atomic mass is 10.2. The van der Waals surface area contributed by atoms with Gasteiger partial charge in [0.1, 0.15) is 11.6 Å². The molecular formula is C18H21N3O. The lowest BCUT2D eigenvalue weighted by molar-refractivity contribution is 0.415. The fraction of sp³-hybridized carbons (Fsp3) is 0.278. The fourth-order valence-corrected chi connectivity index (χ4v) is 2.78. The zero-order valence-corrected chi connectivity index (χ0v) is 13.2. The molecule has 3 rings (SSSR count). The maximum absolute atomic E-state index is 5.27. The number of anilines is 1. The molecule has 0 amide bonds. The van der Waals surface area contributed by atoms with Crippen LogP contribution in [0.15, 0.2) is 48.5 Å². The molecule has 22 heavy (non-hydrogen) atoms. The average Bonchev–Trinajstić information content (AvgIpc) is 2.99. The summed E-state index contributed by atoms with van der Waals surface area (Å²) < 4.78 is 5.27. The smallest absolute Gasteiger partial charge is 0.129 e. The van der Waals surface area contributed by atoms with Gasteiger partial charge in [0, 0.05) is 18.3 Å². The first-order valence-corrected chi connectivity index (χ1v) is 7.58. The molecule has 1 atom stereocenters. The van der Waals surface area contributed by atoms with Gasteiger partial charge in [-0.2, -0.15) is 0 Å². The molecule has 3 aromatic rings. The van der Waals surface area contributed by atoms with E-state index in [0.29, 0.717) is 0 Å². The molecule has 4 nitrogen and oxygen atoms in total. The molecule has 0 radical (unpaired) electrons. The standard InChI is InChI=1S/C18H21N3O/c1-4-21(14-8-6-5-7-9-14)13(2)18-19-16-11-10-15(22-3)12-17(16)20-18/h5-13H,4H2,1-3H3,(H,19,20).